The Kier molecular flexibility index (Phi) is 6.44. The predicted molar refractivity (Wildman–Crippen MR) is 101 cm³/mol. The Balaban J connectivity index is 1.41. The van der Waals surface area contributed by atoms with Crippen LogP contribution in [0.15, 0.2) is 18.5 Å². The number of rotatable bonds is 6. The zero-order valence-corrected chi connectivity index (χ0v) is 15.5. The van der Waals surface area contributed by atoms with Gasteiger partial charge < -0.3 is 20.9 Å². The Morgan fingerprint density at radius 2 is 2.00 bits per heavy atom. The number of piperidine rings is 1. The van der Waals surface area contributed by atoms with Gasteiger partial charge >= 0.3 is 0 Å². The van der Waals surface area contributed by atoms with Crippen molar-refractivity contribution < 1.29 is 9.59 Å². The van der Waals surface area contributed by atoms with Gasteiger partial charge in [0, 0.05) is 57.3 Å². The number of hydrogen-bond donors (Lipinski definition) is 3. The minimum atomic E-state index is -0.136. The molecular formula is C19H29N5O2. The van der Waals surface area contributed by atoms with Crippen molar-refractivity contribution in [2.45, 2.75) is 26.2 Å². The molecule has 0 unspecified atom stereocenters. The van der Waals surface area contributed by atoms with E-state index in [4.69, 9.17) is 0 Å². The second kappa shape index (κ2) is 8.98. The second-order valence-electron chi connectivity index (χ2n) is 7.23. The minimum Gasteiger partial charge on any atom is -0.383 e. The van der Waals surface area contributed by atoms with Gasteiger partial charge in [-0.3, -0.25) is 14.6 Å². The number of pyridine rings is 1. The summed E-state index contributed by atoms with van der Waals surface area (Å²) in [6, 6.07) is 1.93. The van der Waals surface area contributed by atoms with Crippen LogP contribution >= 0.6 is 0 Å². The summed E-state index contributed by atoms with van der Waals surface area (Å²) in [5.41, 5.74) is 2.11. The Morgan fingerprint density at radius 1 is 1.23 bits per heavy atom. The minimum absolute atomic E-state index is 0.0321. The number of likely N-dealkylation sites (tertiary alicyclic amines) is 1. The fourth-order valence-electron chi connectivity index (χ4n) is 3.72. The van der Waals surface area contributed by atoms with Crippen LogP contribution < -0.4 is 16.0 Å². The van der Waals surface area contributed by atoms with Gasteiger partial charge in [-0.1, -0.05) is 0 Å². The Hall–Kier alpha value is -2.15. The van der Waals surface area contributed by atoms with Crippen LogP contribution in [0, 0.1) is 18.8 Å². The molecule has 142 valence electrons. The molecule has 1 aromatic rings. The van der Waals surface area contributed by atoms with E-state index in [1.54, 1.807) is 6.20 Å². The molecule has 3 N–H and O–H groups in total. The quantitative estimate of drug-likeness (QED) is 0.653. The molecule has 26 heavy (non-hydrogen) atoms. The van der Waals surface area contributed by atoms with Crippen molar-refractivity contribution in [1.82, 2.24) is 20.5 Å². The number of amides is 2. The van der Waals surface area contributed by atoms with Gasteiger partial charge in [0.15, 0.2) is 0 Å². The maximum absolute atomic E-state index is 12.6. The van der Waals surface area contributed by atoms with Crippen molar-refractivity contribution in [3.63, 3.8) is 0 Å². The van der Waals surface area contributed by atoms with Crippen LogP contribution in [0.25, 0.3) is 0 Å². The van der Waals surface area contributed by atoms with Crippen molar-refractivity contribution in [3.05, 3.63) is 24.0 Å². The van der Waals surface area contributed by atoms with Gasteiger partial charge in [0.2, 0.25) is 11.8 Å². The molecule has 2 atom stereocenters. The average Bonchev–Trinajstić information content (AvgIpc) is 3.20. The molecule has 2 aliphatic rings. The molecule has 0 bridgehead atoms. The maximum atomic E-state index is 12.6. The lowest BCUT2D eigenvalue weighted by Gasteiger charge is -2.31. The van der Waals surface area contributed by atoms with E-state index in [9.17, 15) is 9.59 Å². The molecule has 7 heteroatoms. The number of aromatic nitrogens is 1. The molecule has 0 saturated carbocycles. The van der Waals surface area contributed by atoms with Gasteiger partial charge in [0.25, 0.3) is 0 Å². The molecule has 2 amide bonds. The van der Waals surface area contributed by atoms with Crippen LogP contribution in [0.3, 0.4) is 0 Å². The molecule has 2 fully saturated rings. The third-order valence-electron chi connectivity index (χ3n) is 5.25. The zero-order valence-electron chi connectivity index (χ0n) is 15.5. The van der Waals surface area contributed by atoms with Crippen LogP contribution in [0.5, 0.6) is 0 Å². The number of carbonyl (C=O) groups excluding carboxylic acids is 2. The maximum Gasteiger partial charge on any atom is 0.226 e. The fraction of sp³-hybridized carbons (Fsp3) is 0.632. The smallest absolute Gasteiger partial charge is 0.226 e. The first-order chi connectivity index (χ1) is 12.6. The summed E-state index contributed by atoms with van der Waals surface area (Å²) in [4.78, 5) is 31.0. The lowest BCUT2D eigenvalue weighted by molar-refractivity contribution is -0.136. The summed E-state index contributed by atoms with van der Waals surface area (Å²) in [5, 5.41) is 9.56. The number of nitrogens with one attached hydrogen (secondary N) is 3. The molecule has 1 aromatic heterocycles. The first kappa shape index (κ1) is 18.6. The van der Waals surface area contributed by atoms with Crippen LogP contribution in [0.4, 0.5) is 5.69 Å². The average molecular weight is 359 g/mol. The molecule has 0 spiro atoms. The summed E-state index contributed by atoms with van der Waals surface area (Å²) >= 11 is 0. The van der Waals surface area contributed by atoms with Crippen LogP contribution in [-0.2, 0) is 9.59 Å². The first-order valence-electron chi connectivity index (χ1n) is 9.57. The highest BCUT2D eigenvalue weighted by atomic mass is 16.2. The second-order valence-corrected chi connectivity index (χ2v) is 7.23. The molecular weight excluding hydrogens is 330 g/mol. The van der Waals surface area contributed by atoms with Gasteiger partial charge in [0.05, 0.1) is 11.8 Å². The van der Waals surface area contributed by atoms with E-state index in [1.807, 2.05) is 24.1 Å². The van der Waals surface area contributed by atoms with Gasteiger partial charge in [-0.05, 0) is 37.8 Å². The van der Waals surface area contributed by atoms with Gasteiger partial charge in [-0.25, -0.2) is 0 Å². The van der Waals surface area contributed by atoms with E-state index >= 15 is 0 Å². The summed E-state index contributed by atoms with van der Waals surface area (Å²) in [7, 11) is 0. The number of carbonyl (C=O) groups is 2. The van der Waals surface area contributed by atoms with E-state index in [0.29, 0.717) is 32.6 Å². The lowest BCUT2D eigenvalue weighted by Crippen LogP contribution is -2.49. The molecule has 3 heterocycles. The number of aryl methyl sites for hydroxylation is 1. The van der Waals surface area contributed by atoms with Crippen molar-refractivity contribution in [2.24, 2.45) is 11.8 Å². The van der Waals surface area contributed by atoms with E-state index in [0.717, 1.165) is 37.2 Å². The Bertz CT molecular complexity index is 630. The normalized spacial score (nSPS) is 22.9. The molecule has 3 rings (SSSR count). The SMILES string of the molecule is Cc1cnccc1NCCNC(=O)[C@@H]1CNC[C@@H](C(=O)N2CCCC2)C1. The number of anilines is 1. The summed E-state index contributed by atoms with van der Waals surface area (Å²) < 4.78 is 0. The van der Waals surface area contributed by atoms with Gasteiger partial charge in [-0.2, -0.15) is 0 Å². The van der Waals surface area contributed by atoms with Crippen molar-refractivity contribution in [1.29, 1.82) is 0 Å². The van der Waals surface area contributed by atoms with E-state index in [2.05, 4.69) is 20.9 Å². The third-order valence-corrected chi connectivity index (χ3v) is 5.25. The largest absolute Gasteiger partial charge is 0.383 e. The fourth-order valence-corrected chi connectivity index (χ4v) is 3.72. The van der Waals surface area contributed by atoms with E-state index < -0.39 is 0 Å². The monoisotopic (exact) mass is 359 g/mol. The summed E-state index contributed by atoms with van der Waals surface area (Å²) in [5.74, 6) is 0.0326. The van der Waals surface area contributed by atoms with Crippen molar-refractivity contribution in [3.8, 4) is 0 Å². The standard InChI is InChI=1S/C19H29N5O2/c1-14-11-20-5-4-17(14)22-6-7-23-18(25)15-10-16(13-21-12-15)19(26)24-8-2-3-9-24/h4-5,11,15-16,21H,2-3,6-10,12-13H2,1H3,(H,20,22)(H,23,25)/t15-,16-/m0/s1. The molecule has 0 aromatic carbocycles. The predicted octanol–water partition coefficient (Wildman–Crippen LogP) is 0.766. The molecule has 0 aliphatic carbocycles. The summed E-state index contributed by atoms with van der Waals surface area (Å²) in [6.45, 7) is 6.28. The van der Waals surface area contributed by atoms with Crippen molar-refractivity contribution in [2.75, 3.05) is 44.6 Å². The van der Waals surface area contributed by atoms with E-state index in [1.165, 1.54) is 0 Å². The van der Waals surface area contributed by atoms with Gasteiger partial charge in [-0.15, -0.1) is 0 Å². The zero-order chi connectivity index (χ0) is 18.4. The number of nitrogens with zero attached hydrogens (tertiary/aromatic N) is 2. The highest BCUT2D eigenvalue weighted by molar-refractivity contribution is 5.83. The first-order valence-corrected chi connectivity index (χ1v) is 9.57. The molecule has 0 radical (unpaired) electrons. The number of hydrogen-bond acceptors (Lipinski definition) is 5. The molecule has 7 nitrogen and oxygen atoms in total. The van der Waals surface area contributed by atoms with Gasteiger partial charge in [0.1, 0.15) is 0 Å². The molecule has 2 saturated heterocycles. The summed E-state index contributed by atoms with van der Waals surface area (Å²) in [6.07, 6.45) is 6.40. The van der Waals surface area contributed by atoms with E-state index in [-0.39, 0.29) is 23.7 Å². The van der Waals surface area contributed by atoms with Crippen LogP contribution in [0.2, 0.25) is 0 Å². The lowest BCUT2D eigenvalue weighted by atomic mass is 9.89. The third kappa shape index (κ3) is 4.72. The Morgan fingerprint density at radius 3 is 2.77 bits per heavy atom. The Labute approximate surface area is 154 Å². The highest BCUT2D eigenvalue weighted by Gasteiger charge is 2.33. The topological polar surface area (TPSA) is 86.4 Å². The highest BCUT2D eigenvalue weighted by Crippen LogP contribution is 2.21. The van der Waals surface area contributed by atoms with Crippen LogP contribution in [0.1, 0.15) is 24.8 Å². The van der Waals surface area contributed by atoms with Crippen molar-refractivity contribution >= 4 is 17.5 Å². The molecule has 2 aliphatic heterocycles. The van der Waals surface area contributed by atoms with Crippen LogP contribution in [-0.4, -0.2) is 61.0 Å².